The maximum atomic E-state index is 13.9. The Kier molecular flexibility index (Phi) is 7.22. The lowest BCUT2D eigenvalue weighted by molar-refractivity contribution is 0.140. The summed E-state index contributed by atoms with van der Waals surface area (Å²) in [5.74, 6) is 0.129. The normalized spacial score (nSPS) is 20.8. The van der Waals surface area contributed by atoms with Gasteiger partial charge in [0.2, 0.25) is 0 Å². The molecule has 0 amide bonds. The van der Waals surface area contributed by atoms with Gasteiger partial charge in [0.05, 0.1) is 0 Å². The van der Waals surface area contributed by atoms with Crippen molar-refractivity contribution in [3.63, 3.8) is 0 Å². The Bertz CT molecular complexity index is 666. The van der Waals surface area contributed by atoms with Crippen molar-refractivity contribution in [1.29, 1.82) is 0 Å². The summed E-state index contributed by atoms with van der Waals surface area (Å²) < 4.78 is 42.4. The zero-order chi connectivity index (χ0) is 18.6. The lowest BCUT2D eigenvalue weighted by Crippen LogP contribution is -2.48. The van der Waals surface area contributed by atoms with E-state index < -0.39 is 16.0 Å². The number of halogens is 2. The standard InChI is InChI=1S/C17H27ClFN3O2S/c1-13-6-5-9-22(11-13)14(2)10-20-25(23,24)21(3)12-15-16(18)7-4-8-17(15)19/h4,7-8,13-14,20H,5-6,9-12H2,1-3H3. The molecule has 0 bridgehead atoms. The van der Waals surface area contributed by atoms with E-state index in [0.717, 1.165) is 23.8 Å². The van der Waals surface area contributed by atoms with Crippen molar-refractivity contribution in [2.24, 2.45) is 5.92 Å². The monoisotopic (exact) mass is 391 g/mol. The highest BCUT2D eigenvalue weighted by atomic mass is 35.5. The minimum absolute atomic E-state index is 0.114. The zero-order valence-electron chi connectivity index (χ0n) is 15.0. The molecule has 0 aliphatic carbocycles. The van der Waals surface area contributed by atoms with Gasteiger partial charge in [0, 0.05) is 43.3 Å². The molecule has 0 spiro atoms. The van der Waals surface area contributed by atoms with Crippen LogP contribution < -0.4 is 4.72 Å². The molecule has 1 heterocycles. The first-order valence-corrected chi connectivity index (χ1v) is 10.4. The summed E-state index contributed by atoms with van der Waals surface area (Å²) in [6.45, 7) is 6.43. The summed E-state index contributed by atoms with van der Waals surface area (Å²) >= 11 is 5.98. The van der Waals surface area contributed by atoms with Crippen LogP contribution in [0.1, 0.15) is 32.3 Å². The molecule has 142 valence electrons. The summed E-state index contributed by atoms with van der Waals surface area (Å²) in [5, 5.41) is 0.220. The average molecular weight is 392 g/mol. The molecule has 2 rings (SSSR count). The van der Waals surface area contributed by atoms with Gasteiger partial charge >= 0.3 is 0 Å². The maximum absolute atomic E-state index is 13.9. The fraction of sp³-hybridized carbons (Fsp3) is 0.647. The van der Waals surface area contributed by atoms with E-state index in [1.807, 2.05) is 6.92 Å². The average Bonchev–Trinajstić information content (AvgIpc) is 2.56. The number of hydrogen-bond donors (Lipinski definition) is 1. The van der Waals surface area contributed by atoms with E-state index in [4.69, 9.17) is 11.6 Å². The molecule has 2 atom stereocenters. The number of rotatable bonds is 7. The van der Waals surface area contributed by atoms with Crippen LogP contribution in [0.15, 0.2) is 18.2 Å². The molecular formula is C17H27ClFN3O2S. The Morgan fingerprint density at radius 3 is 2.84 bits per heavy atom. The second kappa shape index (κ2) is 8.77. The number of benzene rings is 1. The lowest BCUT2D eigenvalue weighted by Gasteiger charge is -2.35. The first-order valence-electron chi connectivity index (χ1n) is 8.58. The van der Waals surface area contributed by atoms with Crippen molar-refractivity contribution in [3.05, 3.63) is 34.6 Å². The van der Waals surface area contributed by atoms with Gasteiger partial charge in [-0.05, 0) is 44.4 Å². The van der Waals surface area contributed by atoms with E-state index in [1.165, 1.54) is 25.6 Å². The third-order valence-corrected chi connectivity index (χ3v) is 6.56. The quantitative estimate of drug-likeness (QED) is 0.777. The summed E-state index contributed by atoms with van der Waals surface area (Å²) in [6.07, 6.45) is 2.37. The van der Waals surface area contributed by atoms with Crippen LogP contribution in [-0.2, 0) is 16.8 Å². The Morgan fingerprint density at radius 1 is 1.48 bits per heavy atom. The van der Waals surface area contributed by atoms with Crippen LogP contribution in [-0.4, -0.2) is 50.3 Å². The highest BCUT2D eigenvalue weighted by Crippen LogP contribution is 2.21. The molecule has 0 saturated carbocycles. The van der Waals surface area contributed by atoms with Gasteiger partial charge < -0.3 is 0 Å². The van der Waals surface area contributed by atoms with Gasteiger partial charge in [-0.25, -0.2) is 9.11 Å². The summed E-state index contributed by atoms with van der Waals surface area (Å²) in [7, 11) is -2.29. The summed E-state index contributed by atoms with van der Waals surface area (Å²) in [4.78, 5) is 2.31. The van der Waals surface area contributed by atoms with Gasteiger partial charge in [0.1, 0.15) is 5.82 Å². The molecule has 1 saturated heterocycles. The van der Waals surface area contributed by atoms with Gasteiger partial charge in [-0.2, -0.15) is 12.7 Å². The number of nitrogens with one attached hydrogen (secondary N) is 1. The van der Waals surface area contributed by atoms with Crippen LogP contribution in [0, 0.1) is 11.7 Å². The van der Waals surface area contributed by atoms with E-state index in [2.05, 4.69) is 16.5 Å². The molecule has 5 nitrogen and oxygen atoms in total. The largest absolute Gasteiger partial charge is 0.299 e. The number of likely N-dealkylation sites (tertiary alicyclic amines) is 1. The van der Waals surface area contributed by atoms with Gasteiger partial charge in [-0.15, -0.1) is 0 Å². The van der Waals surface area contributed by atoms with Crippen LogP contribution in [0.3, 0.4) is 0 Å². The zero-order valence-corrected chi connectivity index (χ0v) is 16.6. The Balaban J connectivity index is 1.94. The third kappa shape index (κ3) is 5.62. The minimum atomic E-state index is -3.71. The van der Waals surface area contributed by atoms with E-state index >= 15 is 0 Å². The molecule has 1 aliphatic rings. The topological polar surface area (TPSA) is 52.7 Å². The van der Waals surface area contributed by atoms with Crippen molar-refractivity contribution in [3.8, 4) is 0 Å². The van der Waals surface area contributed by atoms with Crippen molar-refractivity contribution < 1.29 is 12.8 Å². The molecule has 2 unspecified atom stereocenters. The predicted octanol–water partition coefficient (Wildman–Crippen LogP) is 2.87. The van der Waals surface area contributed by atoms with Crippen LogP contribution in [0.5, 0.6) is 0 Å². The first-order chi connectivity index (χ1) is 11.7. The molecule has 1 aliphatic heterocycles. The molecule has 1 aromatic rings. The molecule has 25 heavy (non-hydrogen) atoms. The van der Waals surface area contributed by atoms with Crippen LogP contribution in [0.4, 0.5) is 4.39 Å². The Morgan fingerprint density at radius 2 is 2.20 bits per heavy atom. The molecular weight excluding hydrogens is 365 g/mol. The van der Waals surface area contributed by atoms with E-state index in [-0.39, 0.29) is 23.2 Å². The maximum Gasteiger partial charge on any atom is 0.279 e. The second-order valence-corrected chi connectivity index (χ2v) is 9.17. The van der Waals surface area contributed by atoms with Crippen molar-refractivity contribution >= 4 is 21.8 Å². The van der Waals surface area contributed by atoms with E-state index in [9.17, 15) is 12.8 Å². The highest BCUT2D eigenvalue weighted by molar-refractivity contribution is 7.87. The summed E-state index contributed by atoms with van der Waals surface area (Å²) in [5.41, 5.74) is 0.176. The first kappa shape index (κ1) is 20.6. The summed E-state index contributed by atoms with van der Waals surface area (Å²) in [6, 6.07) is 4.43. The van der Waals surface area contributed by atoms with Gasteiger partial charge in [-0.3, -0.25) is 4.90 Å². The van der Waals surface area contributed by atoms with Crippen molar-refractivity contribution in [2.45, 2.75) is 39.3 Å². The van der Waals surface area contributed by atoms with Gasteiger partial charge in [0.15, 0.2) is 0 Å². The lowest BCUT2D eigenvalue weighted by atomic mass is 9.99. The predicted molar refractivity (Wildman–Crippen MR) is 99.2 cm³/mol. The third-order valence-electron chi connectivity index (χ3n) is 4.73. The Labute approximate surface area is 155 Å². The number of piperidine rings is 1. The molecule has 0 aromatic heterocycles. The highest BCUT2D eigenvalue weighted by Gasteiger charge is 2.24. The van der Waals surface area contributed by atoms with E-state index in [0.29, 0.717) is 12.5 Å². The van der Waals surface area contributed by atoms with Crippen LogP contribution in [0.2, 0.25) is 5.02 Å². The van der Waals surface area contributed by atoms with E-state index in [1.54, 1.807) is 6.07 Å². The number of hydrogen-bond acceptors (Lipinski definition) is 3. The van der Waals surface area contributed by atoms with Gasteiger partial charge in [-0.1, -0.05) is 24.6 Å². The van der Waals surface area contributed by atoms with Crippen LogP contribution in [0.25, 0.3) is 0 Å². The molecule has 1 aromatic carbocycles. The Hall–Kier alpha value is -0.730. The minimum Gasteiger partial charge on any atom is -0.299 e. The second-order valence-electron chi connectivity index (χ2n) is 6.90. The fourth-order valence-corrected chi connectivity index (χ4v) is 4.28. The molecule has 1 N–H and O–H groups in total. The van der Waals surface area contributed by atoms with Gasteiger partial charge in [0.25, 0.3) is 10.2 Å². The molecule has 1 fully saturated rings. The van der Waals surface area contributed by atoms with Crippen molar-refractivity contribution in [2.75, 3.05) is 26.7 Å². The van der Waals surface area contributed by atoms with Crippen LogP contribution >= 0.6 is 11.6 Å². The fourth-order valence-electron chi connectivity index (χ4n) is 3.08. The van der Waals surface area contributed by atoms with Crippen molar-refractivity contribution in [1.82, 2.24) is 13.9 Å². The SMILES string of the molecule is CC1CCCN(C(C)CNS(=O)(=O)N(C)Cc2c(F)cccc2Cl)C1. The number of nitrogens with zero attached hydrogens (tertiary/aromatic N) is 2. The molecule has 8 heteroatoms. The molecule has 0 radical (unpaired) electrons. The smallest absolute Gasteiger partial charge is 0.279 e.